The number of halogens is 1. The average molecular weight is 604 g/mol. The van der Waals surface area contributed by atoms with E-state index in [1.165, 1.54) is 63.6 Å². The van der Waals surface area contributed by atoms with E-state index in [1.54, 1.807) is 35.1 Å². The molecular formula is C24H20BrN4O6S2+. The highest BCUT2D eigenvalue weighted by molar-refractivity contribution is 9.10. The maximum atomic E-state index is 11.3. The molecule has 0 aliphatic carbocycles. The third-order valence-corrected chi connectivity index (χ3v) is 6.06. The van der Waals surface area contributed by atoms with Gasteiger partial charge in [-0.3, -0.25) is 14.6 Å². The number of carbonyl (C=O) groups excluding carboxylic acids is 4. The summed E-state index contributed by atoms with van der Waals surface area (Å²) in [6, 6.07) is 6.72. The number of thioether (sulfide) groups is 1. The zero-order valence-corrected chi connectivity index (χ0v) is 23.3. The van der Waals surface area contributed by atoms with E-state index in [1.807, 2.05) is 0 Å². The van der Waals surface area contributed by atoms with Crippen molar-refractivity contribution >= 4 is 68.1 Å². The van der Waals surface area contributed by atoms with Gasteiger partial charge in [0.25, 0.3) is 17.0 Å². The summed E-state index contributed by atoms with van der Waals surface area (Å²) in [5.41, 5.74) is 4.97. The van der Waals surface area contributed by atoms with E-state index in [0.29, 0.717) is 32.1 Å². The molecule has 0 N–H and O–H groups in total. The van der Waals surface area contributed by atoms with Gasteiger partial charge in [0, 0.05) is 35.3 Å². The van der Waals surface area contributed by atoms with E-state index in [2.05, 4.69) is 50.9 Å². The van der Waals surface area contributed by atoms with Gasteiger partial charge in [-0.1, -0.05) is 0 Å². The number of hydrogen-bond acceptors (Lipinski definition) is 12. The number of hydrogen-bond donors (Lipinski definition) is 0. The van der Waals surface area contributed by atoms with Crippen molar-refractivity contribution in [2.45, 2.75) is 13.8 Å². The number of aliphatic imine (C=N–C) groups is 1. The molecular weight excluding hydrogens is 584 g/mol. The molecule has 1 aliphatic heterocycles. The van der Waals surface area contributed by atoms with Crippen LogP contribution in [0.1, 0.15) is 45.1 Å². The average Bonchev–Trinajstić information content (AvgIpc) is 3.62. The Morgan fingerprint density at radius 3 is 2.03 bits per heavy atom. The van der Waals surface area contributed by atoms with Gasteiger partial charge in [-0.2, -0.15) is 0 Å². The van der Waals surface area contributed by atoms with Gasteiger partial charge >= 0.3 is 11.9 Å². The predicted octanol–water partition coefficient (Wildman–Crippen LogP) is 4.89. The SMILES string of the molecule is CC(=O)C1=CS[C+]=N1.COC(=O)c1ccc(Br)nc1.COC(=O)c1csc(-c2ccc(C(C)=O)cn2)n1. The lowest BCUT2D eigenvalue weighted by Gasteiger charge is -1.97. The van der Waals surface area contributed by atoms with Crippen molar-refractivity contribution in [3.05, 3.63) is 74.6 Å². The third kappa shape index (κ3) is 9.39. The van der Waals surface area contributed by atoms with Crippen LogP contribution in [0.25, 0.3) is 10.7 Å². The first-order chi connectivity index (χ1) is 17.7. The predicted molar refractivity (Wildman–Crippen MR) is 144 cm³/mol. The molecule has 0 aromatic carbocycles. The number of allylic oxidation sites excluding steroid dienone is 1. The lowest BCUT2D eigenvalue weighted by atomic mass is 10.2. The number of aromatic nitrogens is 3. The number of rotatable bonds is 5. The minimum absolute atomic E-state index is 0.00231. The highest BCUT2D eigenvalue weighted by atomic mass is 79.9. The van der Waals surface area contributed by atoms with Gasteiger partial charge in [-0.25, -0.2) is 19.6 Å². The molecule has 10 nitrogen and oxygen atoms in total. The molecule has 1 aliphatic rings. The van der Waals surface area contributed by atoms with Crippen molar-refractivity contribution in [2.75, 3.05) is 14.2 Å². The Hall–Kier alpha value is -3.64. The molecule has 0 atom stereocenters. The second kappa shape index (κ2) is 14.8. The smallest absolute Gasteiger partial charge is 0.357 e. The van der Waals surface area contributed by atoms with Crippen LogP contribution < -0.4 is 0 Å². The largest absolute Gasteiger partial charge is 0.465 e. The number of carbonyl (C=O) groups is 4. The van der Waals surface area contributed by atoms with E-state index >= 15 is 0 Å². The van der Waals surface area contributed by atoms with Crippen molar-refractivity contribution in [1.29, 1.82) is 0 Å². The molecule has 4 heterocycles. The molecule has 0 saturated heterocycles. The number of nitrogens with zero attached hydrogens (tertiary/aromatic N) is 4. The normalized spacial score (nSPS) is 11.0. The summed E-state index contributed by atoms with van der Waals surface area (Å²) in [5, 5.41) is 3.91. The topological polar surface area (TPSA) is 138 Å². The van der Waals surface area contributed by atoms with Crippen LogP contribution in [0.2, 0.25) is 0 Å². The van der Waals surface area contributed by atoms with Crippen molar-refractivity contribution in [2.24, 2.45) is 4.99 Å². The van der Waals surface area contributed by atoms with Crippen molar-refractivity contribution < 1.29 is 28.7 Å². The van der Waals surface area contributed by atoms with E-state index in [-0.39, 0.29) is 23.2 Å². The molecule has 0 radical (unpaired) electrons. The molecule has 4 rings (SSSR count). The number of Topliss-reactive ketones (excluding diaryl/α,β-unsaturated/α-hetero) is 2. The van der Waals surface area contributed by atoms with Gasteiger partial charge in [0.05, 0.1) is 25.5 Å². The van der Waals surface area contributed by atoms with Gasteiger partial charge in [0.2, 0.25) is 0 Å². The second-order valence-corrected chi connectivity index (χ2v) is 9.08. The zero-order chi connectivity index (χ0) is 27.4. The number of methoxy groups -OCH3 is 2. The minimum Gasteiger partial charge on any atom is -0.465 e. The first-order valence-corrected chi connectivity index (χ1v) is 12.7. The van der Waals surface area contributed by atoms with Crippen LogP contribution in [0.5, 0.6) is 0 Å². The van der Waals surface area contributed by atoms with Gasteiger partial charge in [0.1, 0.15) is 26.8 Å². The summed E-state index contributed by atoms with van der Waals surface area (Å²) in [5.74, 6) is -0.881. The molecule has 0 bridgehead atoms. The monoisotopic (exact) mass is 603 g/mol. The van der Waals surface area contributed by atoms with E-state index in [4.69, 9.17) is 0 Å². The fourth-order valence-electron chi connectivity index (χ4n) is 2.28. The van der Waals surface area contributed by atoms with Crippen LogP contribution in [0.3, 0.4) is 0 Å². The van der Waals surface area contributed by atoms with Gasteiger partial charge < -0.3 is 9.47 Å². The molecule has 13 heteroatoms. The summed E-state index contributed by atoms with van der Waals surface area (Å²) in [7, 11) is 2.64. The Kier molecular flexibility index (Phi) is 11.8. The van der Waals surface area contributed by atoms with Crippen molar-refractivity contribution in [1.82, 2.24) is 15.0 Å². The third-order valence-electron chi connectivity index (χ3n) is 4.19. The van der Waals surface area contributed by atoms with Crippen LogP contribution in [0, 0.1) is 0 Å². The van der Waals surface area contributed by atoms with Crippen LogP contribution in [-0.2, 0) is 14.3 Å². The Balaban J connectivity index is 0.000000215. The van der Waals surface area contributed by atoms with Crippen LogP contribution in [0.4, 0.5) is 0 Å². The first kappa shape index (κ1) is 29.6. The maximum absolute atomic E-state index is 11.3. The van der Waals surface area contributed by atoms with Crippen LogP contribution in [-0.4, -0.2) is 58.2 Å². The molecule has 3 aromatic rings. The van der Waals surface area contributed by atoms with Crippen molar-refractivity contribution in [3.8, 4) is 10.7 Å². The number of thiazole rings is 1. The maximum Gasteiger partial charge on any atom is 0.357 e. The Morgan fingerprint density at radius 2 is 1.57 bits per heavy atom. The molecule has 0 unspecified atom stereocenters. The first-order valence-electron chi connectivity index (χ1n) is 10.2. The Labute approximate surface area is 229 Å². The minimum atomic E-state index is -0.474. The van der Waals surface area contributed by atoms with E-state index in [0.717, 1.165) is 0 Å². The van der Waals surface area contributed by atoms with Gasteiger partial charge in [0.15, 0.2) is 11.5 Å². The second-order valence-electron chi connectivity index (χ2n) is 6.76. The number of ether oxygens (including phenoxy) is 2. The fourth-order valence-corrected chi connectivity index (χ4v) is 3.81. The number of ketones is 2. The lowest BCUT2D eigenvalue weighted by molar-refractivity contribution is -0.113. The Bertz CT molecular complexity index is 1320. The summed E-state index contributed by atoms with van der Waals surface area (Å²) in [4.78, 5) is 59.4. The molecule has 190 valence electrons. The van der Waals surface area contributed by atoms with E-state index < -0.39 is 5.97 Å². The summed E-state index contributed by atoms with van der Waals surface area (Å²) in [6.45, 7) is 2.97. The highest BCUT2D eigenvalue weighted by Gasteiger charge is 2.17. The quantitative estimate of drug-likeness (QED) is 0.171. The van der Waals surface area contributed by atoms with Crippen LogP contribution in [0.15, 0.2) is 62.7 Å². The van der Waals surface area contributed by atoms with Crippen molar-refractivity contribution in [3.63, 3.8) is 0 Å². The van der Waals surface area contributed by atoms with Gasteiger partial charge in [-0.05, 0) is 47.1 Å². The number of pyridine rings is 2. The lowest BCUT2D eigenvalue weighted by Crippen LogP contribution is -2.01. The number of esters is 2. The van der Waals surface area contributed by atoms with Crippen LogP contribution >= 0.6 is 39.0 Å². The molecule has 0 amide bonds. The molecule has 0 spiro atoms. The van der Waals surface area contributed by atoms with Gasteiger partial charge in [-0.15, -0.1) is 11.3 Å². The summed E-state index contributed by atoms with van der Waals surface area (Å²) in [6.07, 6.45) is 2.95. The molecule has 0 saturated carbocycles. The summed E-state index contributed by atoms with van der Waals surface area (Å²) >= 11 is 5.77. The molecule has 3 aromatic heterocycles. The molecule has 0 fully saturated rings. The standard InChI is InChI=1S/C12H10N2O3S.C7H6BrNO2.C5H4NOS/c1-7(15)8-3-4-9(13-5-8)11-14-10(6-18-11)12(16)17-2;1-11-7(10)5-2-3-6(8)9-4-5;1-4(7)5-2-8-3-6-5/h3-6H,1-2H3;2-4H,1H3;2H,1H3/q;;+1. The highest BCUT2D eigenvalue weighted by Crippen LogP contribution is 2.22. The van der Waals surface area contributed by atoms with E-state index in [9.17, 15) is 19.2 Å². The Morgan fingerprint density at radius 1 is 0.892 bits per heavy atom. The summed E-state index contributed by atoms with van der Waals surface area (Å²) < 4.78 is 9.76. The fraction of sp³-hybridized carbons (Fsp3) is 0.167. The zero-order valence-electron chi connectivity index (χ0n) is 20.1. The molecule has 37 heavy (non-hydrogen) atoms.